The summed E-state index contributed by atoms with van der Waals surface area (Å²) < 4.78 is 4.83. The minimum absolute atomic E-state index is 0.00500. The first kappa shape index (κ1) is 21.7. The second-order valence-electron chi connectivity index (χ2n) is 5.46. The zero-order valence-electron chi connectivity index (χ0n) is 13.7. The molecule has 1 aliphatic carbocycles. The summed E-state index contributed by atoms with van der Waals surface area (Å²) in [4.78, 5) is 35.3. The van der Waals surface area contributed by atoms with Gasteiger partial charge in [0, 0.05) is 6.08 Å². The summed E-state index contributed by atoms with van der Waals surface area (Å²) in [5.41, 5.74) is 0. The summed E-state index contributed by atoms with van der Waals surface area (Å²) >= 11 is 0. The van der Waals surface area contributed by atoms with Crippen LogP contribution >= 0.6 is 0 Å². The SMILES string of the molecule is COC1=CC(/C=C/C(=O)C(=O)[C@H](O)[C@@H](O)[C@H](O)[C@H](O)CO)C(=O)C=C1O. The molecule has 0 saturated carbocycles. The molecule has 1 rings (SSSR count). The molecular formula is C16H20O10. The third-order valence-electron chi connectivity index (χ3n) is 3.63. The lowest BCUT2D eigenvalue weighted by atomic mass is 9.95. The highest BCUT2D eigenvalue weighted by Gasteiger charge is 2.36. The lowest BCUT2D eigenvalue weighted by Gasteiger charge is -2.24. The van der Waals surface area contributed by atoms with Gasteiger partial charge in [-0.05, 0) is 12.2 Å². The smallest absolute Gasteiger partial charge is 0.233 e. The Morgan fingerprint density at radius 2 is 1.85 bits per heavy atom. The Hall–Kier alpha value is -2.37. The van der Waals surface area contributed by atoms with Crippen molar-refractivity contribution in [3.8, 4) is 0 Å². The van der Waals surface area contributed by atoms with Gasteiger partial charge in [-0.3, -0.25) is 14.4 Å². The van der Waals surface area contributed by atoms with Gasteiger partial charge in [-0.1, -0.05) is 6.08 Å². The first-order chi connectivity index (χ1) is 12.1. The van der Waals surface area contributed by atoms with E-state index in [4.69, 9.17) is 9.84 Å². The topological polar surface area (TPSA) is 182 Å². The maximum absolute atomic E-state index is 11.8. The van der Waals surface area contributed by atoms with Crippen LogP contribution in [0.5, 0.6) is 0 Å². The second-order valence-corrected chi connectivity index (χ2v) is 5.46. The molecular weight excluding hydrogens is 352 g/mol. The normalized spacial score (nSPS) is 22.2. The molecule has 1 aliphatic rings. The van der Waals surface area contributed by atoms with Crippen LogP contribution < -0.4 is 0 Å². The van der Waals surface area contributed by atoms with Crippen LogP contribution in [0.2, 0.25) is 0 Å². The average Bonchev–Trinajstić information content (AvgIpc) is 2.63. The van der Waals surface area contributed by atoms with Crippen molar-refractivity contribution in [1.82, 2.24) is 0 Å². The summed E-state index contributed by atoms with van der Waals surface area (Å²) in [5, 5.41) is 55.9. The third kappa shape index (κ3) is 5.07. The molecule has 144 valence electrons. The Morgan fingerprint density at radius 3 is 2.38 bits per heavy atom. The maximum Gasteiger partial charge on any atom is 0.233 e. The van der Waals surface area contributed by atoms with Gasteiger partial charge in [0.1, 0.15) is 24.4 Å². The van der Waals surface area contributed by atoms with E-state index in [1.54, 1.807) is 0 Å². The summed E-state index contributed by atoms with van der Waals surface area (Å²) in [6.07, 6.45) is -4.63. The Morgan fingerprint density at radius 1 is 1.23 bits per heavy atom. The number of rotatable bonds is 9. The molecule has 5 atom stereocenters. The number of Topliss-reactive ketones (excluding diaryl/α,β-unsaturated/α-hetero) is 1. The number of hydrogen-bond donors (Lipinski definition) is 6. The maximum atomic E-state index is 11.8. The summed E-state index contributed by atoms with van der Waals surface area (Å²) in [5.74, 6) is -4.74. The molecule has 0 aromatic rings. The van der Waals surface area contributed by atoms with Crippen LogP contribution in [0.4, 0.5) is 0 Å². The van der Waals surface area contributed by atoms with Crippen molar-refractivity contribution in [1.29, 1.82) is 0 Å². The molecule has 6 N–H and O–H groups in total. The van der Waals surface area contributed by atoms with E-state index in [9.17, 15) is 39.9 Å². The van der Waals surface area contributed by atoms with Gasteiger partial charge in [-0.15, -0.1) is 0 Å². The minimum Gasteiger partial charge on any atom is -0.504 e. The molecule has 0 saturated heterocycles. The fraction of sp³-hybridized carbons (Fsp3) is 0.438. The predicted octanol–water partition coefficient (Wildman–Crippen LogP) is -2.71. The summed E-state index contributed by atoms with van der Waals surface area (Å²) in [7, 11) is 1.25. The first-order valence-corrected chi connectivity index (χ1v) is 7.44. The van der Waals surface area contributed by atoms with Gasteiger partial charge in [-0.2, -0.15) is 0 Å². The van der Waals surface area contributed by atoms with E-state index in [0.717, 1.165) is 12.2 Å². The third-order valence-corrected chi connectivity index (χ3v) is 3.63. The quantitative estimate of drug-likeness (QED) is 0.184. The van der Waals surface area contributed by atoms with Crippen LogP contribution in [0.1, 0.15) is 0 Å². The molecule has 0 fully saturated rings. The van der Waals surface area contributed by atoms with Crippen molar-refractivity contribution in [2.45, 2.75) is 24.4 Å². The van der Waals surface area contributed by atoms with E-state index < -0.39 is 54.3 Å². The van der Waals surface area contributed by atoms with Crippen LogP contribution in [0.25, 0.3) is 0 Å². The van der Waals surface area contributed by atoms with Gasteiger partial charge >= 0.3 is 0 Å². The molecule has 0 aromatic heterocycles. The van der Waals surface area contributed by atoms with Crippen LogP contribution in [-0.2, 0) is 19.1 Å². The first-order valence-electron chi connectivity index (χ1n) is 7.44. The molecule has 26 heavy (non-hydrogen) atoms. The lowest BCUT2D eigenvalue weighted by molar-refractivity contribution is -0.152. The summed E-state index contributed by atoms with van der Waals surface area (Å²) in [6, 6.07) is 0. The molecule has 10 heteroatoms. The number of hydrogen-bond acceptors (Lipinski definition) is 10. The second kappa shape index (κ2) is 9.36. The number of aliphatic hydroxyl groups is 6. The highest BCUT2D eigenvalue weighted by Crippen LogP contribution is 2.20. The molecule has 0 heterocycles. The highest BCUT2D eigenvalue weighted by molar-refractivity contribution is 6.43. The summed E-state index contributed by atoms with van der Waals surface area (Å²) in [6.45, 7) is -0.939. The number of methoxy groups -OCH3 is 1. The van der Waals surface area contributed by atoms with E-state index in [1.807, 2.05) is 0 Å². The van der Waals surface area contributed by atoms with E-state index in [1.165, 1.54) is 13.2 Å². The number of ketones is 3. The van der Waals surface area contributed by atoms with Crippen molar-refractivity contribution in [3.05, 3.63) is 35.8 Å². The fourth-order valence-electron chi connectivity index (χ4n) is 2.05. The number of aliphatic hydroxyl groups excluding tert-OH is 6. The highest BCUT2D eigenvalue weighted by atomic mass is 16.5. The average molecular weight is 372 g/mol. The number of carbonyl (C=O) groups excluding carboxylic acids is 3. The standard InChI is InChI=1S/C16H20O10/c1-26-12-4-7(9(19)5-10(12)20)2-3-8(18)13(22)15(24)16(25)14(23)11(21)6-17/h2-5,7,11,14-17,20-21,23-25H,6H2,1H3/b3-2+/t7?,11-,14-,15+,16+/m1/s1. The molecule has 0 radical (unpaired) electrons. The Kier molecular flexibility index (Phi) is 7.80. The van der Waals surface area contributed by atoms with Gasteiger partial charge in [0.25, 0.3) is 0 Å². The number of carbonyl (C=O) groups is 3. The van der Waals surface area contributed by atoms with Gasteiger partial charge < -0.3 is 35.4 Å². The van der Waals surface area contributed by atoms with Crippen molar-refractivity contribution in [3.63, 3.8) is 0 Å². The zero-order chi connectivity index (χ0) is 20.0. The largest absolute Gasteiger partial charge is 0.504 e. The molecule has 0 aliphatic heterocycles. The van der Waals surface area contributed by atoms with Crippen LogP contribution in [0.3, 0.4) is 0 Å². The molecule has 0 bridgehead atoms. The fourth-order valence-corrected chi connectivity index (χ4v) is 2.05. The Balaban J connectivity index is 2.80. The zero-order valence-corrected chi connectivity index (χ0v) is 13.7. The number of allylic oxidation sites excluding steroid dienone is 4. The lowest BCUT2D eigenvalue weighted by Crippen LogP contribution is -2.50. The van der Waals surface area contributed by atoms with E-state index in [-0.39, 0.29) is 11.5 Å². The Bertz CT molecular complexity index is 647. The molecule has 0 spiro atoms. The van der Waals surface area contributed by atoms with Crippen LogP contribution in [0.15, 0.2) is 35.8 Å². The van der Waals surface area contributed by atoms with Crippen LogP contribution in [-0.4, -0.2) is 86.1 Å². The monoisotopic (exact) mass is 372 g/mol. The van der Waals surface area contributed by atoms with Gasteiger partial charge in [0.05, 0.1) is 19.6 Å². The number of ether oxygens (including phenoxy) is 1. The van der Waals surface area contributed by atoms with Gasteiger partial charge in [0.15, 0.2) is 17.3 Å². The molecule has 0 aromatic carbocycles. The minimum atomic E-state index is -2.35. The molecule has 1 unspecified atom stereocenters. The van der Waals surface area contributed by atoms with E-state index in [0.29, 0.717) is 6.08 Å². The van der Waals surface area contributed by atoms with Crippen molar-refractivity contribution in [2.24, 2.45) is 5.92 Å². The van der Waals surface area contributed by atoms with Crippen molar-refractivity contribution in [2.75, 3.05) is 13.7 Å². The van der Waals surface area contributed by atoms with Crippen molar-refractivity contribution < 1.29 is 49.8 Å². The predicted molar refractivity (Wildman–Crippen MR) is 84.6 cm³/mol. The van der Waals surface area contributed by atoms with Crippen LogP contribution in [0, 0.1) is 5.92 Å². The molecule has 10 nitrogen and oxygen atoms in total. The van der Waals surface area contributed by atoms with E-state index in [2.05, 4.69) is 0 Å². The van der Waals surface area contributed by atoms with E-state index >= 15 is 0 Å². The van der Waals surface area contributed by atoms with Gasteiger partial charge in [0.2, 0.25) is 11.6 Å². The molecule has 0 amide bonds. The van der Waals surface area contributed by atoms with Crippen molar-refractivity contribution >= 4 is 17.3 Å². The Labute approximate surface area is 148 Å². The van der Waals surface area contributed by atoms with Gasteiger partial charge in [-0.25, -0.2) is 0 Å².